The Hall–Kier alpha value is -3.64. The van der Waals surface area contributed by atoms with Crippen LogP contribution in [0.3, 0.4) is 0 Å². The molecule has 0 heteroatoms. The van der Waals surface area contributed by atoms with Crippen LogP contribution in [0, 0.1) is 11.8 Å². The number of hydrogen-bond donors (Lipinski definition) is 0. The van der Waals surface area contributed by atoms with Gasteiger partial charge in [-0.2, -0.15) is 0 Å². The predicted molar refractivity (Wildman–Crippen MR) is 154 cm³/mol. The maximum absolute atomic E-state index is 2.45. The van der Waals surface area contributed by atoms with E-state index in [1.807, 2.05) is 0 Å². The van der Waals surface area contributed by atoms with Crippen molar-refractivity contribution >= 4 is 12.2 Å². The predicted octanol–water partition coefficient (Wildman–Crippen LogP) is 9.96. The van der Waals surface area contributed by atoms with Gasteiger partial charge in [0, 0.05) is 11.8 Å². The van der Waals surface area contributed by atoms with Crippen LogP contribution in [0.15, 0.2) is 108 Å². The molecule has 4 aromatic carbocycles. The van der Waals surface area contributed by atoms with Gasteiger partial charge in [-0.25, -0.2) is 0 Å². The molecule has 0 saturated carbocycles. The third kappa shape index (κ3) is 3.95. The Balaban J connectivity index is 1.31. The molecule has 0 N–H and O–H groups in total. The summed E-state index contributed by atoms with van der Waals surface area (Å²) in [5, 5.41) is 0. The van der Waals surface area contributed by atoms with E-state index in [1.54, 1.807) is 0 Å². The largest absolute Gasteiger partial charge is 0.0622 e. The summed E-state index contributed by atoms with van der Waals surface area (Å²) in [5.41, 5.74) is 13.9. The van der Waals surface area contributed by atoms with Crippen LogP contribution in [-0.4, -0.2) is 0 Å². The molecule has 0 spiro atoms. The quantitative estimate of drug-likeness (QED) is 0.255. The maximum atomic E-state index is 2.45. The lowest BCUT2D eigenvalue weighted by molar-refractivity contribution is 0.797. The SMILES string of the molecule is CCC1=Cc2c(cccc2-c2ccccc2)[C]1CC[C]1C(CC)=Cc2c1cccc2-c1ccccc1. The van der Waals surface area contributed by atoms with Gasteiger partial charge >= 0.3 is 0 Å². The molecule has 2 aliphatic rings. The zero-order valence-electron chi connectivity index (χ0n) is 21.2. The molecule has 6 rings (SSSR count). The lowest BCUT2D eigenvalue weighted by atomic mass is 9.82. The molecule has 0 heterocycles. The Morgan fingerprint density at radius 3 is 1.19 bits per heavy atom. The highest BCUT2D eigenvalue weighted by atomic mass is 14.3. The highest BCUT2D eigenvalue weighted by Gasteiger charge is 2.31. The zero-order valence-corrected chi connectivity index (χ0v) is 21.2. The van der Waals surface area contributed by atoms with Crippen LogP contribution in [0.4, 0.5) is 0 Å². The fourth-order valence-electron chi connectivity index (χ4n) is 6.05. The molecule has 0 bridgehead atoms. The van der Waals surface area contributed by atoms with Crippen molar-refractivity contribution in [2.45, 2.75) is 39.5 Å². The summed E-state index contributed by atoms with van der Waals surface area (Å²) in [5.74, 6) is 3.06. The van der Waals surface area contributed by atoms with E-state index in [0.29, 0.717) is 0 Å². The van der Waals surface area contributed by atoms with E-state index in [9.17, 15) is 0 Å². The number of hydrogen-bond acceptors (Lipinski definition) is 0. The molecule has 36 heavy (non-hydrogen) atoms. The number of allylic oxidation sites excluding steroid dienone is 2. The van der Waals surface area contributed by atoms with Crippen LogP contribution in [0.1, 0.15) is 61.8 Å². The van der Waals surface area contributed by atoms with Gasteiger partial charge in [0.2, 0.25) is 0 Å². The van der Waals surface area contributed by atoms with Crippen molar-refractivity contribution in [3.05, 3.63) is 142 Å². The first-order chi connectivity index (χ1) is 17.8. The van der Waals surface area contributed by atoms with E-state index < -0.39 is 0 Å². The minimum Gasteiger partial charge on any atom is -0.0622 e. The van der Waals surface area contributed by atoms with Crippen LogP contribution in [0.5, 0.6) is 0 Å². The van der Waals surface area contributed by atoms with E-state index in [4.69, 9.17) is 0 Å². The number of fused-ring (bicyclic) bond motifs is 2. The monoisotopic (exact) mass is 464 g/mol. The van der Waals surface area contributed by atoms with Crippen LogP contribution < -0.4 is 0 Å². The molecule has 0 aliphatic heterocycles. The first-order valence-corrected chi connectivity index (χ1v) is 13.3. The molecule has 0 amide bonds. The second-order valence-electron chi connectivity index (χ2n) is 9.77. The third-order valence-corrected chi connectivity index (χ3v) is 7.83. The number of rotatable bonds is 7. The van der Waals surface area contributed by atoms with Crippen molar-refractivity contribution in [2.75, 3.05) is 0 Å². The fourth-order valence-corrected chi connectivity index (χ4v) is 6.05. The molecule has 4 aromatic rings. The van der Waals surface area contributed by atoms with Gasteiger partial charge in [-0.1, -0.05) is 134 Å². The summed E-state index contributed by atoms with van der Waals surface area (Å²) in [4.78, 5) is 0. The van der Waals surface area contributed by atoms with Crippen LogP contribution in [0.2, 0.25) is 0 Å². The van der Waals surface area contributed by atoms with Gasteiger partial charge in [-0.15, -0.1) is 0 Å². The molecule has 2 aliphatic carbocycles. The van der Waals surface area contributed by atoms with Gasteiger partial charge in [0.05, 0.1) is 0 Å². The summed E-state index contributed by atoms with van der Waals surface area (Å²) in [6.07, 6.45) is 9.19. The van der Waals surface area contributed by atoms with Crippen molar-refractivity contribution in [1.82, 2.24) is 0 Å². The Kier molecular flexibility index (Phi) is 6.20. The van der Waals surface area contributed by atoms with Gasteiger partial charge in [-0.3, -0.25) is 0 Å². The Bertz CT molecular complexity index is 1320. The fraction of sp³-hybridized carbons (Fsp3) is 0.167. The van der Waals surface area contributed by atoms with E-state index in [0.717, 1.165) is 25.7 Å². The van der Waals surface area contributed by atoms with Gasteiger partial charge in [0.25, 0.3) is 0 Å². The van der Waals surface area contributed by atoms with E-state index >= 15 is 0 Å². The zero-order chi connectivity index (χ0) is 24.5. The molecule has 0 fully saturated rings. The van der Waals surface area contributed by atoms with E-state index in [-0.39, 0.29) is 0 Å². The van der Waals surface area contributed by atoms with Crippen LogP contribution in [0.25, 0.3) is 34.4 Å². The van der Waals surface area contributed by atoms with Crippen LogP contribution in [-0.2, 0) is 0 Å². The third-order valence-electron chi connectivity index (χ3n) is 7.83. The Morgan fingerprint density at radius 2 is 0.806 bits per heavy atom. The molecule has 176 valence electrons. The molecule has 2 radical (unpaired) electrons. The maximum Gasteiger partial charge on any atom is 0.0305 e. The van der Waals surface area contributed by atoms with Crippen molar-refractivity contribution in [2.24, 2.45) is 0 Å². The average Bonchev–Trinajstić information content (AvgIpc) is 3.50. The van der Waals surface area contributed by atoms with Gasteiger partial charge < -0.3 is 0 Å². The lowest BCUT2D eigenvalue weighted by Gasteiger charge is -2.21. The lowest BCUT2D eigenvalue weighted by Crippen LogP contribution is -2.06. The normalized spacial score (nSPS) is 14.9. The topological polar surface area (TPSA) is 0 Å². The van der Waals surface area contributed by atoms with Crippen molar-refractivity contribution < 1.29 is 0 Å². The summed E-state index contributed by atoms with van der Waals surface area (Å²) >= 11 is 0. The van der Waals surface area contributed by atoms with Gasteiger partial charge in [0.15, 0.2) is 0 Å². The second-order valence-corrected chi connectivity index (χ2v) is 9.77. The summed E-state index contributed by atoms with van der Waals surface area (Å²) < 4.78 is 0. The van der Waals surface area contributed by atoms with Crippen molar-refractivity contribution in [3.63, 3.8) is 0 Å². The smallest absolute Gasteiger partial charge is 0.0305 e. The van der Waals surface area contributed by atoms with Crippen molar-refractivity contribution in [1.29, 1.82) is 0 Å². The molecule has 0 aromatic heterocycles. The molecule has 0 nitrogen and oxygen atoms in total. The first kappa shape index (κ1) is 22.8. The van der Waals surface area contributed by atoms with Crippen LogP contribution >= 0.6 is 0 Å². The first-order valence-electron chi connectivity index (χ1n) is 13.3. The Morgan fingerprint density at radius 1 is 0.417 bits per heavy atom. The molecule has 0 unspecified atom stereocenters. The van der Waals surface area contributed by atoms with Crippen molar-refractivity contribution in [3.8, 4) is 22.3 Å². The van der Waals surface area contributed by atoms with Gasteiger partial charge in [-0.05, 0) is 70.2 Å². The minimum absolute atomic E-state index is 1.07. The average molecular weight is 465 g/mol. The number of benzene rings is 4. The minimum atomic E-state index is 1.07. The summed E-state index contributed by atoms with van der Waals surface area (Å²) in [7, 11) is 0. The highest BCUT2D eigenvalue weighted by Crippen LogP contribution is 2.48. The van der Waals surface area contributed by atoms with E-state index in [2.05, 4.69) is 123 Å². The van der Waals surface area contributed by atoms with E-state index in [1.165, 1.54) is 67.5 Å². The van der Waals surface area contributed by atoms with Gasteiger partial charge in [0.1, 0.15) is 0 Å². The highest BCUT2D eigenvalue weighted by molar-refractivity contribution is 5.86. The molecular weight excluding hydrogens is 432 g/mol. The molecule has 0 saturated heterocycles. The Labute approximate surface area is 216 Å². The molecule has 0 atom stereocenters. The molecular formula is C36H32. The standard InChI is InChI=1S/C36H32/c1-3-25-23-35-29(27-13-7-5-8-14-27)17-11-19-33(35)31(25)21-22-32-26(4-2)24-36-30(18-12-20-34(32)36)28-15-9-6-10-16-28/h5-20,23-24H,3-4,21-22H2,1-2H3. The summed E-state index contributed by atoms with van der Waals surface area (Å²) in [6, 6.07) is 35.3. The summed E-state index contributed by atoms with van der Waals surface area (Å²) in [6.45, 7) is 4.59. The second kappa shape index (κ2) is 9.78.